The molecule has 0 saturated carbocycles. The van der Waals surface area contributed by atoms with Gasteiger partial charge in [0.15, 0.2) is 0 Å². The molecule has 0 unspecified atom stereocenters. The summed E-state index contributed by atoms with van der Waals surface area (Å²) in [5.74, 6) is 0. The number of nitrogens with one attached hydrogen (secondary N) is 1. The Bertz CT molecular complexity index is 521. The van der Waals surface area contributed by atoms with Crippen LogP contribution in [0.2, 0.25) is 0 Å². The lowest BCUT2D eigenvalue weighted by atomic mass is 10.1. The minimum absolute atomic E-state index is 0.793. The van der Waals surface area contributed by atoms with Crippen molar-refractivity contribution in [2.75, 3.05) is 17.3 Å². The van der Waals surface area contributed by atoms with Crippen LogP contribution in [0, 0.1) is 6.92 Å². The summed E-state index contributed by atoms with van der Waals surface area (Å²) < 4.78 is 0. The maximum atomic E-state index is 5.93. The van der Waals surface area contributed by atoms with Gasteiger partial charge in [-0.2, -0.15) is 0 Å². The van der Waals surface area contributed by atoms with E-state index in [0.29, 0.717) is 0 Å². The molecule has 0 amide bonds. The Labute approximate surface area is 113 Å². The molecular formula is C15H18N2S. The SMILES string of the molecule is CSc1ccc(CNc2cc(C)ccc2N)cc1. The van der Waals surface area contributed by atoms with Crippen molar-refractivity contribution in [1.82, 2.24) is 0 Å². The molecule has 3 heteroatoms. The van der Waals surface area contributed by atoms with Crippen LogP contribution in [0.4, 0.5) is 11.4 Å². The predicted molar refractivity (Wildman–Crippen MR) is 81.1 cm³/mol. The summed E-state index contributed by atoms with van der Waals surface area (Å²) in [6, 6.07) is 14.6. The van der Waals surface area contributed by atoms with Crippen molar-refractivity contribution in [2.45, 2.75) is 18.4 Å². The highest BCUT2D eigenvalue weighted by molar-refractivity contribution is 7.98. The van der Waals surface area contributed by atoms with E-state index in [9.17, 15) is 0 Å². The number of hydrogen-bond donors (Lipinski definition) is 2. The van der Waals surface area contributed by atoms with Gasteiger partial charge in [-0.1, -0.05) is 18.2 Å². The number of hydrogen-bond acceptors (Lipinski definition) is 3. The van der Waals surface area contributed by atoms with Crippen molar-refractivity contribution in [2.24, 2.45) is 0 Å². The summed E-state index contributed by atoms with van der Waals surface area (Å²) in [6.45, 7) is 2.86. The summed E-state index contributed by atoms with van der Waals surface area (Å²) in [7, 11) is 0. The lowest BCUT2D eigenvalue weighted by Gasteiger charge is -2.10. The monoisotopic (exact) mass is 258 g/mol. The highest BCUT2D eigenvalue weighted by Crippen LogP contribution is 2.21. The first-order valence-electron chi connectivity index (χ1n) is 5.92. The molecule has 0 aliphatic heterocycles. The van der Waals surface area contributed by atoms with E-state index >= 15 is 0 Å². The summed E-state index contributed by atoms with van der Waals surface area (Å²) in [6.07, 6.45) is 2.08. The van der Waals surface area contributed by atoms with Gasteiger partial charge in [0, 0.05) is 11.4 Å². The van der Waals surface area contributed by atoms with Crippen LogP contribution in [-0.4, -0.2) is 6.26 Å². The van der Waals surface area contributed by atoms with Gasteiger partial charge < -0.3 is 11.1 Å². The minimum Gasteiger partial charge on any atom is -0.397 e. The van der Waals surface area contributed by atoms with E-state index in [-0.39, 0.29) is 0 Å². The first-order chi connectivity index (χ1) is 8.69. The molecule has 0 spiro atoms. The Balaban J connectivity index is 2.04. The minimum atomic E-state index is 0.793. The molecule has 18 heavy (non-hydrogen) atoms. The fraction of sp³-hybridized carbons (Fsp3) is 0.200. The van der Waals surface area contributed by atoms with Crippen LogP contribution in [0.25, 0.3) is 0 Å². The molecule has 0 saturated heterocycles. The number of thioether (sulfide) groups is 1. The predicted octanol–water partition coefficient (Wildman–Crippen LogP) is 3.91. The highest BCUT2D eigenvalue weighted by Gasteiger charge is 1.99. The fourth-order valence-electron chi connectivity index (χ4n) is 1.76. The molecule has 2 aromatic rings. The maximum absolute atomic E-state index is 5.93. The van der Waals surface area contributed by atoms with Gasteiger partial charge in [0.2, 0.25) is 0 Å². The van der Waals surface area contributed by atoms with Crippen LogP contribution >= 0.6 is 11.8 Å². The van der Waals surface area contributed by atoms with Gasteiger partial charge in [0.25, 0.3) is 0 Å². The Morgan fingerprint density at radius 2 is 1.83 bits per heavy atom. The van der Waals surface area contributed by atoms with Gasteiger partial charge in [-0.25, -0.2) is 0 Å². The number of benzene rings is 2. The van der Waals surface area contributed by atoms with Crippen molar-refractivity contribution >= 4 is 23.1 Å². The summed E-state index contributed by atoms with van der Waals surface area (Å²) >= 11 is 1.76. The van der Waals surface area contributed by atoms with Gasteiger partial charge in [0.05, 0.1) is 11.4 Å². The van der Waals surface area contributed by atoms with Crippen molar-refractivity contribution in [3.05, 3.63) is 53.6 Å². The van der Waals surface area contributed by atoms with E-state index < -0.39 is 0 Å². The zero-order chi connectivity index (χ0) is 13.0. The Hall–Kier alpha value is -1.61. The standard InChI is InChI=1S/C15H18N2S/c1-11-3-8-14(16)15(9-11)17-10-12-4-6-13(18-2)7-5-12/h3-9,17H,10,16H2,1-2H3. The van der Waals surface area contributed by atoms with Gasteiger partial charge >= 0.3 is 0 Å². The van der Waals surface area contributed by atoms with Gasteiger partial charge in [0.1, 0.15) is 0 Å². The third kappa shape index (κ3) is 3.20. The number of nitrogen functional groups attached to an aromatic ring is 1. The second-order valence-corrected chi connectivity index (χ2v) is 5.17. The molecule has 2 rings (SSSR count). The highest BCUT2D eigenvalue weighted by atomic mass is 32.2. The number of nitrogens with two attached hydrogens (primary N) is 1. The van der Waals surface area contributed by atoms with E-state index in [1.165, 1.54) is 16.0 Å². The summed E-state index contributed by atoms with van der Waals surface area (Å²) in [5, 5.41) is 3.38. The van der Waals surface area contributed by atoms with Crippen LogP contribution in [-0.2, 0) is 6.54 Å². The zero-order valence-electron chi connectivity index (χ0n) is 10.7. The quantitative estimate of drug-likeness (QED) is 0.645. The first kappa shape index (κ1) is 12.8. The molecule has 2 aromatic carbocycles. The largest absolute Gasteiger partial charge is 0.397 e. The van der Waals surface area contributed by atoms with Crippen molar-refractivity contribution in [3.63, 3.8) is 0 Å². The Morgan fingerprint density at radius 3 is 2.50 bits per heavy atom. The molecular weight excluding hydrogens is 240 g/mol. The average Bonchev–Trinajstić information content (AvgIpc) is 2.40. The van der Waals surface area contributed by atoms with E-state index in [4.69, 9.17) is 5.73 Å². The van der Waals surface area contributed by atoms with Gasteiger partial charge in [-0.3, -0.25) is 0 Å². The summed E-state index contributed by atoms with van der Waals surface area (Å²) in [4.78, 5) is 1.29. The number of anilines is 2. The van der Waals surface area contributed by atoms with E-state index in [2.05, 4.69) is 48.8 Å². The zero-order valence-corrected chi connectivity index (χ0v) is 11.6. The lowest BCUT2D eigenvalue weighted by molar-refractivity contribution is 1.14. The Morgan fingerprint density at radius 1 is 1.11 bits per heavy atom. The molecule has 0 aliphatic carbocycles. The third-order valence-corrected chi connectivity index (χ3v) is 3.59. The maximum Gasteiger partial charge on any atom is 0.0579 e. The average molecular weight is 258 g/mol. The Kier molecular flexibility index (Phi) is 4.15. The molecule has 0 bridgehead atoms. The van der Waals surface area contributed by atoms with Crippen LogP contribution < -0.4 is 11.1 Å². The van der Waals surface area contributed by atoms with Crippen LogP contribution in [0.1, 0.15) is 11.1 Å². The number of aryl methyl sites for hydroxylation is 1. The van der Waals surface area contributed by atoms with Crippen LogP contribution in [0.15, 0.2) is 47.4 Å². The molecule has 0 heterocycles. The number of rotatable bonds is 4. The molecule has 2 nitrogen and oxygen atoms in total. The van der Waals surface area contributed by atoms with Crippen molar-refractivity contribution in [3.8, 4) is 0 Å². The van der Waals surface area contributed by atoms with Crippen LogP contribution in [0.5, 0.6) is 0 Å². The normalized spacial score (nSPS) is 10.3. The van der Waals surface area contributed by atoms with Crippen LogP contribution in [0.3, 0.4) is 0 Å². The van der Waals surface area contributed by atoms with Gasteiger partial charge in [-0.05, 0) is 48.6 Å². The topological polar surface area (TPSA) is 38.0 Å². The molecule has 3 N–H and O–H groups in total. The van der Waals surface area contributed by atoms with Crippen molar-refractivity contribution in [1.29, 1.82) is 0 Å². The molecule has 94 valence electrons. The molecule has 0 fully saturated rings. The molecule has 0 radical (unpaired) electrons. The fourth-order valence-corrected chi connectivity index (χ4v) is 2.17. The second-order valence-electron chi connectivity index (χ2n) is 4.29. The third-order valence-electron chi connectivity index (χ3n) is 2.85. The van der Waals surface area contributed by atoms with Crippen molar-refractivity contribution < 1.29 is 0 Å². The molecule has 0 aromatic heterocycles. The smallest absolute Gasteiger partial charge is 0.0579 e. The molecule has 0 atom stereocenters. The van der Waals surface area contributed by atoms with Gasteiger partial charge in [-0.15, -0.1) is 11.8 Å². The van der Waals surface area contributed by atoms with E-state index in [1.807, 2.05) is 12.1 Å². The molecule has 0 aliphatic rings. The lowest BCUT2D eigenvalue weighted by Crippen LogP contribution is -2.02. The first-order valence-corrected chi connectivity index (χ1v) is 7.14. The second kappa shape index (κ2) is 5.83. The van der Waals surface area contributed by atoms with E-state index in [0.717, 1.165) is 17.9 Å². The summed E-state index contributed by atoms with van der Waals surface area (Å²) in [5.41, 5.74) is 10.2. The van der Waals surface area contributed by atoms with E-state index in [1.54, 1.807) is 11.8 Å².